The van der Waals surface area contributed by atoms with Crippen LogP contribution in [0.1, 0.15) is 23.2 Å². The normalized spacial score (nSPS) is 24.5. The molecule has 1 aromatic rings. The molecule has 2 atom stereocenters. The summed E-state index contributed by atoms with van der Waals surface area (Å²) < 4.78 is 37.3. The topological polar surface area (TPSA) is 42.1 Å². The predicted octanol–water partition coefficient (Wildman–Crippen LogP) is 2.75. The Bertz CT molecular complexity index is 410. The van der Waals surface area contributed by atoms with E-state index < -0.39 is 11.1 Å². The van der Waals surface area contributed by atoms with Crippen LogP contribution in [-0.4, -0.2) is 29.0 Å². The Morgan fingerprint density at radius 3 is 2.68 bits per heavy atom. The third kappa shape index (κ3) is 4.05. The van der Waals surface area contributed by atoms with Crippen LogP contribution in [0.3, 0.4) is 0 Å². The lowest BCUT2D eigenvalue weighted by Gasteiger charge is -2.19. The van der Waals surface area contributed by atoms with Gasteiger partial charge in [0.25, 0.3) is 0 Å². The van der Waals surface area contributed by atoms with Gasteiger partial charge in [0.05, 0.1) is 12.7 Å². The molecule has 0 aromatic carbocycles. The number of likely N-dealkylation sites (tertiary alicyclic amines) is 1. The zero-order chi connectivity index (χ0) is 13.3. The maximum absolute atomic E-state index is 12.4. The second kappa shape index (κ2) is 6.39. The van der Waals surface area contributed by atoms with Crippen molar-refractivity contribution in [2.24, 2.45) is 11.7 Å². The van der Waals surface area contributed by atoms with Gasteiger partial charge >= 0.3 is 6.18 Å². The lowest BCUT2D eigenvalue weighted by Crippen LogP contribution is -2.27. The molecule has 1 aromatic heterocycles. The Labute approximate surface area is 120 Å². The van der Waals surface area contributed by atoms with Crippen LogP contribution < -0.4 is 5.73 Å². The van der Waals surface area contributed by atoms with E-state index in [-0.39, 0.29) is 12.4 Å². The van der Waals surface area contributed by atoms with Crippen LogP contribution in [0.15, 0.2) is 6.20 Å². The van der Waals surface area contributed by atoms with Gasteiger partial charge in [-0.3, -0.25) is 4.90 Å². The Hall–Kier alpha value is -0.370. The predicted molar refractivity (Wildman–Crippen MR) is 71.4 cm³/mol. The van der Waals surface area contributed by atoms with E-state index in [2.05, 4.69) is 16.8 Å². The van der Waals surface area contributed by atoms with Gasteiger partial charge in [-0.25, -0.2) is 4.98 Å². The van der Waals surface area contributed by atoms with Crippen molar-refractivity contribution in [3.05, 3.63) is 16.1 Å². The van der Waals surface area contributed by atoms with Crippen LogP contribution in [-0.2, 0) is 12.7 Å². The Balaban J connectivity index is 0.00000180. The van der Waals surface area contributed by atoms with Crippen LogP contribution in [0.4, 0.5) is 13.2 Å². The zero-order valence-corrected chi connectivity index (χ0v) is 12.1. The van der Waals surface area contributed by atoms with Crippen molar-refractivity contribution in [1.29, 1.82) is 0 Å². The molecule has 8 heteroatoms. The minimum absolute atomic E-state index is 0. The summed E-state index contributed by atoms with van der Waals surface area (Å²) in [7, 11) is 0. The molecule has 0 saturated carbocycles. The van der Waals surface area contributed by atoms with E-state index in [9.17, 15) is 13.2 Å². The maximum atomic E-state index is 12.4. The van der Waals surface area contributed by atoms with Crippen LogP contribution in [0.2, 0.25) is 0 Å². The Kier molecular flexibility index (Phi) is 5.61. The summed E-state index contributed by atoms with van der Waals surface area (Å²) in [5.41, 5.74) is 5.62. The lowest BCUT2D eigenvalue weighted by molar-refractivity contribution is -0.134. The summed E-state index contributed by atoms with van der Waals surface area (Å²) in [6.07, 6.45) is -2.36. The van der Waals surface area contributed by atoms with Crippen molar-refractivity contribution < 1.29 is 13.2 Å². The van der Waals surface area contributed by atoms with E-state index in [4.69, 9.17) is 5.73 Å². The van der Waals surface area contributed by atoms with E-state index in [0.29, 0.717) is 30.1 Å². The number of nitrogens with zero attached hydrogens (tertiary/aromatic N) is 2. The highest BCUT2D eigenvalue weighted by atomic mass is 35.5. The molecule has 0 bridgehead atoms. The second-order valence-corrected chi connectivity index (χ2v) is 5.85. The Morgan fingerprint density at radius 2 is 2.21 bits per heavy atom. The molecule has 0 radical (unpaired) electrons. The molecular weight excluding hydrogens is 299 g/mol. The highest BCUT2D eigenvalue weighted by molar-refractivity contribution is 7.11. The fraction of sp³-hybridized carbons (Fsp3) is 0.727. The molecule has 3 nitrogen and oxygen atoms in total. The fourth-order valence-corrected chi connectivity index (χ4v) is 3.11. The number of hydrogen-bond donors (Lipinski definition) is 1. The van der Waals surface area contributed by atoms with E-state index >= 15 is 0 Å². The van der Waals surface area contributed by atoms with Gasteiger partial charge in [-0.05, 0) is 25.8 Å². The molecule has 2 N–H and O–H groups in total. The fourth-order valence-electron chi connectivity index (χ4n) is 2.30. The standard InChI is InChI=1S/C11H16F3N3S.ClH/c1-7-2-8(3-15)5-17(7)6-10-16-4-9(18-10)11(12,13)14;/h4,7-8H,2-3,5-6,15H2,1H3;1H. The van der Waals surface area contributed by atoms with Gasteiger partial charge in [0.15, 0.2) is 0 Å². The van der Waals surface area contributed by atoms with E-state index in [0.717, 1.165) is 30.5 Å². The number of nitrogens with two attached hydrogens (primary N) is 1. The maximum Gasteiger partial charge on any atom is 0.427 e. The van der Waals surface area contributed by atoms with Crippen LogP contribution in [0.5, 0.6) is 0 Å². The molecule has 1 aliphatic heterocycles. The first-order chi connectivity index (χ1) is 8.40. The summed E-state index contributed by atoms with van der Waals surface area (Å²) in [5, 5.41) is 0.520. The number of thiazole rings is 1. The molecule has 0 spiro atoms. The van der Waals surface area contributed by atoms with Gasteiger partial charge in [-0.15, -0.1) is 23.7 Å². The molecule has 2 heterocycles. The van der Waals surface area contributed by atoms with Gasteiger partial charge < -0.3 is 5.73 Å². The third-order valence-corrected chi connectivity index (χ3v) is 4.32. The molecule has 2 rings (SSSR count). The summed E-state index contributed by atoms with van der Waals surface area (Å²) in [5.74, 6) is 0.446. The average Bonchev–Trinajstić information content (AvgIpc) is 2.86. The first kappa shape index (κ1) is 16.7. The van der Waals surface area contributed by atoms with Gasteiger partial charge in [-0.1, -0.05) is 0 Å². The number of alkyl halides is 3. The van der Waals surface area contributed by atoms with Crippen molar-refractivity contribution in [3.63, 3.8) is 0 Å². The monoisotopic (exact) mass is 315 g/mol. The lowest BCUT2D eigenvalue weighted by atomic mass is 10.1. The van der Waals surface area contributed by atoms with Gasteiger partial charge in [0.1, 0.15) is 9.88 Å². The minimum atomic E-state index is -4.29. The Morgan fingerprint density at radius 1 is 1.53 bits per heavy atom. The third-order valence-electron chi connectivity index (χ3n) is 3.30. The molecular formula is C11H17ClF3N3S. The molecule has 110 valence electrons. The largest absolute Gasteiger partial charge is 0.427 e. The second-order valence-electron chi connectivity index (χ2n) is 4.73. The SMILES string of the molecule is CC1CC(CN)CN1Cc1ncc(C(F)(F)F)s1.Cl. The van der Waals surface area contributed by atoms with Crippen LogP contribution in [0.25, 0.3) is 0 Å². The van der Waals surface area contributed by atoms with Crippen molar-refractivity contribution in [1.82, 2.24) is 9.88 Å². The van der Waals surface area contributed by atoms with Crippen LogP contribution in [0, 0.1) is 5.92 Å². The molecule has 1 saturated heterocycles. The summed E-state index contributed by atoms with van der Waals surface area (Å²) in [6.45, 7) is 4.04. The van der Waals surface area contributed by atoms with Crippen molar-refractivity contribution >= 4 is 23.7 Å². The highest BCUT2D eigenvalue weighted by Gasteiger charge is 2.34. The van der Waals surface area contributed by atoms with E-state index in [1.165, 1.54) is 0 Å². The first-order valence-electron chi connectivity index (χ1n) is 5.86. The van der Waals surface area contributed by atoms with Crippen molar-refractivity contribution in [3.8, 4) is 0 Å². The van der Waals surface area contributed by atoms with Crippen molar-refractivity contribution in [2.45, 2.75) is 32.1 Å². The first-order valence-corrected chi connectivity index (χ1v) is 6.67. The highest BCUT2D eigenvalue weighted by Crippen LogP contribution is 2.34. The summed E-state index contributed by atoms with van der Waals surface area (Å²) >= 11 is 0.729. The number of rotatable bonds is 3. The van der Waals surface area contributed by atoms with Gasteiger partial charge in [0, 0.05) is 12.6 Å². The number of hydrogen-bond acceptors (Lipinski definition) is 4. The van der Waals surface area contributed by atoms with E-state index in [1.54, 1.807) is 0 Å². The zero-order valence-electron chi connectivity index (χ0n) is 10.5. The summed E-state index contributed by atoms with van der Waals surface area (Å²) in [4.78, 5) is 5.38. The quantitative estimate of drug-likeness (QED) is 0.932. The average molecular weight is 316 g/mol. The minimum Gasteiger partial charge on any atom is -0.330 e. The summed E-state index contributed by atoms with van der Waals surface area (Å²) in [6, 6.07) is 0.358. The molecule has 0 aliphatic carbocycles. The smallest absolute Gasteiger partial charge is 0.330 e. The molecule has 1 aliphatic rings. The van der Waals surface area contributed by atoms with E-state index in [1.807, 2.05) is 0 Å². The number of aromatic nitrogens is 1. The van der Waals surface area contributed by atoms with Gasteiger partial charge in [-0.2, -0.15) is 13.2 Å². The van der Waals surface area contributed by atoms with Crippen LogP contribution >= 0.6 is 23.7 Å². The molecule has 2 unspecified atom stereocenters. The van der Waals surface area contributed by atoms with Crippen molar-refractivity contribution in [2.75, 3.05) is 13.1 Å². The molecule has 1 fully saturated rings. The molecule has 19 heavy (non-hydrogen) atoms. The van der Waals surface area contributed by atoms with Gasteiger partial charge in [0.2, 0.25) is 0 Å². The number of halogens is 4. The molecule has 0 amide bonds.